The molecule has 0 atom stereocenters. The molecule has 0 unspecified atom stereocenters. The molecule has 0 aliphatic rings. The molecule has 3 aromatic rings. The van der Waals surface area contributed by atoms with Gasteiger partial charge in [0.1, 0.15) is 10.6 Å². The molecule has 1 N–H and O–H groups in total. The van der Waals surface area contributed by atoms with E-state index in [0.717, 1.165) is 23.6 Å². The summed E-state index contributed by atoms with van der Waals surface area (Å²) in [4.78, 5) is 15.6. The third kappa shape index (κ3) is 5.15. The van der Waals surface area contributed by atoms with E-state index in [1.54, 1.807) is 35.1 Å². The lowest BCUT2D eigenvalue weighted by molar-refractivity contribution is -0.275. The zero-order valence-corrected chi connectivity index (χ0v) is 16.0. The Morgan fingerprint density at radius 3 is 2.59 bits per heavy atom. The molecule has 0 saturated carbocycles. The van der Waals surface area contributed by atoms with Crippen molar-refractivity contribution in [3.63, 3.8) is 0 Å². The summed E-state index contributed by atoms with van der Waals surface area (Å²) >= 11 is 5.70. The first kappa shape index (κ1) is 20.9. The van der Waals surface area contributed by atoms with Crippen molar-refractivity contribution in [2.45, 2.75) is 17.7 Å². The topological polar surface area (TPSA) is 85.4 Å². The van der Waals surface area contributed by atoms with Gasteiger partial charge in [0.05, 0.1) is 11.9 Å². The van der Waals surface area contributed by atoms with Gasteiger partial charge in [0.25, 0.3) is 10.0 Å². The van der Waals surface area contributed by atoms with Crippen molar-refractivity contribution < 1.29 is 31.1 Å². The molecular weight excluding hydrogens is 433 g/mol. The first-order chi connectivity index (χ1) is 13.5. The largest absolute Gasteiger partial charge is 0.573 e. The molecular formula is C18H12ClF3N2O4S. The van der Waals surface area contributed by atoms with Crippen LogP contribution in [0, 0.1) is 0 Å². The van der Waals surface area contributed by atoms with Crippen LogP contribution in [0.2, 0.25) is 5.02 Å². The number of carbonyl (C=O) groups excluding carboxylic acids is 1. The van der Waals surface area contributed by atoms with E-state index in [-0.39, 0.29) is 11.4 Å². The van der Waals surface area contributed by atoms with Crippen molar-refractivity contribution in [1.82, 2.24) is 9.71 Å². The number of nitrogens with zero attached hydrogens (tertiary/aromatic N) is 1. The van der Waals surface area contributed by atoms with Crippen LogP contribution in [0.3, 0.4) is 0 Å². The number of nitrogens with one attached hydrogen (secondary N) is 1. The van der Waals surface area contributed by atoms with Gasteiger partial charge in [0, 0.05) is 16.6 Å². The Hall–Kier alpha value is -2.85. The van der Waals surface area contributed by atoms with Gasteiger partial charge < -0.3 is 4.74 Å². The van der Waals surface area contributed by atoms with Crippen molar-refractivity contribution in [3.8, 4) is 5.75 Å². The minimum Gasteiger partial charge on any atom is -0.404 e. The van der Waals surface area contributed by atoms with Gasteiger partial charge in [-0.1, -0.05) is 35.9 Å². The average molecular weight is 445 g/mol. The number of rotatable bonds is 5. The summed E-state index contributed by atoms with van der Waals surface area (Å²) in [5, 5.41) is 0.599. The summed E-state index contributed by atoms with van der Waals surface area (Å²) in [6.07, 6.45) is -3.96. The Balaban J connectivity index is 1.87. The molecule has 11 heteroatoms. The van der Waals surface area contributed by atoms with Gasteiger partial charge >= 0.3 is 6.36 Å². The van der Waals surface area contributed by atoms with Crippen molar-refractivity contribution in [1.29, 1.82) is 0 Å². The van der Waals surface area contributed by atoms with Crippen LogP contribution in [0.4, 0.5) is 13.2 Å². The molecule has 1 amide bonds. The molecule has 0 fully saturated rings. The summed E-state index contributed by atoms with van der Waals surface area (Å²) in [7, 11) is -4.69. The fourth-order valence-electron chi connectivity index (χ4n) is 2.62. The minimum absolute atomic E-state index is 0.148. The zero-order valence-electron chi connectivity index (χ0n) is 14.4. The molecule has 152 valence electrons. The molecule has 6 nitrogen and oxygen atoms in total. The van der Waals surface area contributed by atoms with E-state index in [1.807, 2.05) is 0 Å². The van der Waals surface area contributed by atoms with Gasteiger partial charge in [-0.25, -0.2) is 13.1 Å². The Bertz CT molecular complexity index is 1180. The van der Waals surface area contributed by atoms with Crippen molar-refractivity contribution in [2.75, 3.05) is 0 Å². The van der Waals surface area contributed by atoms with E-state index >= 15 is 0 Å². The highest BCUT2D eigenvalue weighted by molar-refractivity contribution is 7.90. The standard InChI is InChI=1S/C18H12ClF3N2O4S/c19-13-6-7-14(28-18(20,21)22)15(10-13)29(26,27)24-16(25)9-12-4-1-3-11-5-2-8-23-17(11)12/h1-8,10H,9H2,(H,24,25). The van der Waals surface area contributed by atoms with Gasteiger partial charge in [-0.3, -0.25) is 9.78 Å². The maximum atomic E-state index is 12.6. The molecule has 0 spiro atoms. The second-order valence-corrected chi connectivity index (χ2v) is 7.92. The Labute approximate surface area is 168 Å². The fraction of sp³-hybridized carbons (Fsp3) is 0.111. The number of benzene rings is 2. The van der Waals surface area contributed by atoms with Gasteiger partial charge in [-0.05, 0) is 29.8 Å². The number of pyridine rings is 1. The third-order valence-electron chi connectivity index (χ3n) is 3.74. The number of hydrogen-bond acceptors (Lipinski definition) is 5. The maximum Gasteiger partial charge on any atom is 0.573 e. The van der Waals surface area contributed by atoms with Crippen LogP contribution in [-0.4, -0.2) is 25.7 Å². The lowest BCUT2D eigenvalue weighted by Crippen LogP contribution is -2.32. The minimum atomic E-state index is -5.13. The summed E-state index contributed by atoms with van der Waals surface area (Å²) < 4.78 is 68.2. The molecule has 0 saturated heterocycles. The number of halogens is 4. The molecule has 3 rings (SSSR count). The van der Waals surface area contributed by atoms with E-state index in [0.29, 0.717) is 11.1 Å². The van der Waals surface area contributed by atoms with Gasteiger partial charge in [0.2, 0.25) is 5.91 Å². The van der Waals surface area contributed by atoms with Crippen LogP contribution in [0.25, 0.3) is 10.9 Å². The number of amides is 1. The average Bonchev–Trinajstić information content (AvgIpc) is 2.62. The number of hydrogen-bond donors (Lipinski definition) is 1. The number of carbonyl (C=O) groups is 1. The van der Waals surface area contributed by atoms with E-state index in [9.17, 15) is 26.4 Å². The van der Waals surface area contributed by atoms with Crippen molar-refractivity contribution in [3.05, 3.63) is 65.3 Å². The lowest BCUT2D eigenvalue weighted by Gasteiger charge is -2.14. The van der Waals surface area contributed by atoms with Crippen LogP contribution >= 0.6 is 11.6 Å². The van der Waals surface area contributed by atoms with Crippen molar-refractivity contribution in [2.24, 2.45) is 0 Å². The Morgan fingerprint density at radius 1 is 1.14 bits per heavy atom. The van der Waals surface area contributed by atoms with E-state index in [2.05, 4.69) is 9.72 Å². The quantitative estimate of drug-likeness (QED) is 0.646. The van der Waals surface area contributed by atoms with E-state index in [1.165, 1.54) is 6.20 Å². The van der Waals surface area contributed by atoms with Crippen LogP contribution in [0.5, 0.6) is 5.75 Å². The van der Waals surface area contributed by atoms with Gasteiger partial charge in [-0.2, -0.15) is 0 Å². The summed E-state index contributed by atoms with van der Waals surface area (Å²) in [6.45, 7) is 0. The molecule has 0 bridgehead atoms. The maximum absolute atomic E-state index is 12.6. The molecule has 1 aromatic heterocycles. The lowest BCUT2D eigenvalue weighted by atomic mass is 10.1. The smallest absolute Gasteiger partial charge is 0.404 e. The number of sulfonamides is 1. The molecule has 0 aliphatic heterocycles. The second kappa shape index (κ2) is 7.88. The molecule has 0 aliphatic carbocycles. The van der Waals surface area contributed by atoms with Crippen LogP contribution < -0.4 is 9.46 Å². The van der Waals surface area contributed by atoms with E-state index < -0.39 is 32.9 Å². The highest BCUT2D eigenvalue weighted by atomic mass is 35.5. The van der Waals surface area contributed by atoms with Gasteiger partial charge in [0.15, 0.2) is 0 Å². The van der Waals surface area contributed by atoms with Gasteiger partial charge in [-0.15, -0.1) is 13.2 Å². The number of alkyl halides is 3. The SMILES string of the molecule is O=C(Cc1cccc2cccnc12)NS(=O)(=O)c1cc(Cl)ccc1OC(F)(F)F. The zero-order chi connectivity index (χ0) is 21.2. The summed E-state index contributed by atoms with van der Waals surface area (Å²) in [6, 6.07) is 11.1. The number of para-hydroxylation sites is 1. The first-order valence-electron chi connectivity index (χ1n) is 7.99. The summed E-state index contributed by atoms with van der Waals surface area (Å²) in [5.74, 6) is -1.96. The highest BCUT2D eigenvalue weighted by Crippen LogP contribution is 2.31. The van der Waals surface area contributed by atoms with Crippen molar-refractivity contribution >= 4 is 38.4 Å². The number of ether oxygens (including phenoxy) is 1. The normalized spacial score (nSPS) is 12.0. The first-order valence-corrected chi connectivity index (χ1v) is 9.85. The fourth-order valence-corrected chi connectivity index (χ4v) is 4.00. The van der Waals surface area contributed by atoms with Crippen LogP contribution in [-0.2, 0) is 21.2 Å². The molecule has 1 heterocycles. The Kier molecular flexibility index (Phi) is 5.67. The number of fused-ring (bicyclic) bond motifs is 1. The Morgan fingerprint density at radius 2 is 1.86 bits per heavy atom. The predicted octanol–water partition coefficient (Wildman–Crippen LogP) is 3.83. The summed E-state index contributed by atoms with van der Waals surface area (Å²) in [5.41, 5.74) is 0.958. The predicted molar refractivity (Wildman–Crippen MR) is 98.9 cm³/mol. The molecule has 0 radical (unpaired) electrons. The third-order valence-corrected chi connectivity index (χ3v) is 5.37. The highest BCUT2D eigenvalue weighted by Gasteiger charge is 2.34. The monoisotopic (exact) mass is 444 g/mol. The molecule has 29 heavy (non-hydrogen) atoms. The second-order valence-electron chi connectivity index (χ2n) is 5.84. The molecule has 2 aromatic carbocycles. The number of aromatic nitrogens is 1. The van der Waals surface area contributed by atoms with E-state index in [4.69, 9.17) is 11.6 Å². The van der Waals surface area contributed by atoms with Crippen LogP contribution in [0.1, 0.15) is 5.56 Å². The van der Waals surface area contributed by atoms with Crippen LogP contribution in [0.15, 0.2) is 59.6 Å².